The summed E-state index contributed by atoms with van der Waals surface area (Å²) in [7, 11) is -3.04. The van der Waals surface area contributed by atoms with Crippen molar-refractivity contribution in [3.05, 3.63) is 34.9 Å². The molecule has 0 saturated carbocycles. The molecule has 1 atom stereocenters. The molecular formula is C18H24N2O4S. The molecule has 136 valence electrons. The summed E-state index contributed by atoms with van der Waals surface area (Å²) in [5, 5.41) is 2.74. The van der Waals surface area contributed by atoms with Crippen LogP contribution in [0.3, 0.4) is 0 Å². The number of carbonyl (C=O) groups is 2. The van der Waals surface area contributed by atoms with Gasteiger partial charge in [0.1, 0.15) is 0 Å². The van der Waals surface area contributed by atoms with E-state index in [0.29, 0.717) is 18.5 Å². The summed E-state index contributed by atoms with van der Waals surface area (Å²) in [6.45, 7) is 2.20. The first-order valence-electron chi connectivity index (χ1n) is 8.79. The van der Waals surface area contributed by atoms with Crippen LogP contribution in [0.4, 0.5) is 0 Å². The Labute approximate surface area is 148 Å². The minimum absolute atomic E-state index is 0.0103. The molecule has 1 aliphatic heterocycles. The van der Waals surface area contributed by atoms with E-state index in [1.807, 2.05) is 25.1 Å². The van der Waals surface area contributed by atoms with Crippen LogP contribution in [-0.4, -0.2) is 55.8 Å². The van der Waals surface area contributed by atoms with Crippen LogP contribution in [0, 0.1) is 0 Å². The highest BCUT2D eigenvalue weighted by molar-refractivity contribution is 7.91. The van der Waals surface area contributed by atoms with Crippen molar-refractivity contribution in [2.24, 2.45) is 0 Å². The molecule has 0 bridgehead atoms. The first-order chi connectivity index (χ1) is 11.9. The van der Waals surface area contributed by atoms with Crippen LogP contribution in [-0.2, 0) is 27.5 Å². The topological polar surface area (TPSA) is 83.6 Å². The molecule has 1 heterocycles. The van der Waals surface area contributed by atoms with E-state index in [2.05, 4.69) is 5.32 Å². The number of hydrogen-bond acceptors (Lipinski definition) is 4. The van der Waals surface area contributed by atoms with Crippen molar-refractivity contribution in [3.63, 3.8) is 0 Å². The van der Waals surface area contributed by atoms with Crippen molar-refractivity contribution in [1.29, 1.82) is 0 Å². The van der Waals surface area contributed by atoms with Gasteiger partial charge in [0.05, 0.1) is 18.1 Å². The Bertz CT molecular complexity index is 788. The average Bonchev–Trinajstić information content (AvgIpc) is 3.17. The molecule has 0 spiro atoms. The van der Waals surface area contributed by atoms with E-state index in [1.54, 1.807) is 0 Å². The summed E-state index contributed by atoms with van der Waals surface area (Å²) in [5.41, 5.74) is 3.14. The van der Waals surface area contributed by atoms with Gasteiger partial charge >= 0.3 is 0 Å². The highest BCUT2D eigenvalue weighted by atomic mass is 32.2. The molecule has 25 heavy (non-hydrogen) atoms. The van der Waals surface area contributed by atoms with Crippen molar-refractivity contribution in [1.82, 2.24) is 10.2 Å². The van der Waals surface area contributed by atoms with Gasteiger partial charge in [-0.05, 0) is 55.9 Å². The molecule has 2 amide bonds. The van der Waals surface area contributed by atoms with Gasteiger partial charge in [-0.25, -0.2) is 8.42 Å². The van der Waals surface area contributed by atoms with Crippen LogP contribution in [0.1, 0.15) is 41.3 Å². The number of amides is 2. The maximum atomic E-state index is 12.7. The van der Waals surface area contributed by atoms with Crippen molar-refractivity contribution in [2.45, 2.75) is 38.6 Å². The Morgan fingerprint density at radius 2 is 2.00 bits per heavy atom. The predicted molar refractivity (Wildman–Crippen MR) is 95.2 cm³/mol. The van der Waals surface area contributed by atoms with E-state index in [1.165, 1.54) is 16.0 Å². The van der Waals surface area contributed by atoms with E-state index in [4.69, 9.17) is 0 Å². The van der Waals surface area contributed by atoms with Crippen LogP contribution in [0.5, 0.6) is 0 Å². The van der Waals surface area contributed by atoms with Crippen LogP contribution in [0.2, 0.25) is 0 Å². The number of rotatable bonds is 5. The monoisotopic (exact) mass is 364 g/mol. The summed E-state index contributed by atoms with van der Waals surface area (Å²) in [6.07, 6.45) is 3.63. The number of aryl methyl sites for hydroxylation is 2. The van der Waals surface area contributed by atoms with E-state index >= 15 is 0 Å². The zero-order valence-electron chi connectivity index (χ0n) is 14.5. The summed E-state index contributed by atoms with van der Waals surface area (Å²) >= 11 is 0. The number of likely N-dealkylation sites (N-methyl/N-ethyl adjacent to an activating group) is 1. The van der Waals surface area contributed by atoms with E-state index in [9.17, 15) is 18.0 Å². The fourth-order valence-electron chi connectivity index (χ4n) is 3.57. The molecule has 1 aromatic carbocycles. The Kier molecular flexibility index (Phi) is 5.13. The number of sulfone groups is 1. The lowest BCUT2D eigenvalue weighted by molar-refractivity contribution is -0.122. The maximum absolute atomic E-state index is 12.7. The van der Waals surface area contributed by atoms with Crippen molar-refractivity contribution in [3.8, 4) is 0 Å². The maximum Gasteiger partial charge on any atom is 0.254 e. The van der Waals surface area contributed by atoms with Gasteiger partial charge in [-0.2, -0.15) is 0 Å². The standard InChI is InChI=1S/C18H24N2O4S/c1-2-20(11-17(21)19-16-8-9-25(23,24)12-16)18(22)15-7-6-13-4-3-5-14(13)10-15/h6-7,10,16H,2-5,8-9,11-12H2,1H3,(H,19,21)/t16-/m1/s1. The molecule has 1 aromatic rings. The van der Waals surface area contributed by atoms with Crippen molar-refractivity contribution in [2.75, 3.05) is 24.6 Å². The summed E-state index contributed by atoms with van der Waals surface area (Å²) in [4.78, 5) is 26.4. The number of carbonyl (C=O) groups excluding carboxylic acids is 2. The minimum Gasteiger partial charge on any atom is -0.351 e. The normalized spacial score (nSPS) is 20.9. The molecule has 7 heteroatoms. The molecule has 1 aliphatic carbocycles. The Morgan fingerprint density at radius 3 is 2.68 bits per heavy atom. The Hall–Kier alpha value is -1.89. The minimum atomic E-state index is -3.04. The molecule has 0 radical (unpaired) electrons. The second-order valence-corrected chi connectivity index (χ2v) is 9.05. The lowest BCUT2D eigenvalue weighted by Crippen LogP contribution is -2.44. The molecule has 1 fully saturated rings. The predicted octanol–water partition coefficient (Wildman–Crippen LogP) is 0.941. The van der Waals surface area contributed by atoms with Crippen LogP contribution < -0.4 is 5.32 Å². The van der Waals surface area contributed by atoms with Crippen LogP contribution in [0.25, 0.3) is 0 Å². The average molecular weight is 364 g/mol. The van der Waals surface area contributed by atoms with Gasteiger partial charge in [0.25, 0.3) is 5.91 Å². The van der Waals surface area contributed by atoms with Gasteiger partial charge in [0, 0.05) is 18.2 Å². The van der Waals surface area contributed by atoms with Gasteiger partial charge in [-0.15, -0.1) is 0 Å². The van der Waals surface area contributed by atoms with Crippen LogP contribution >= 0.6 is 0 Å². The third-order valence-electron chi connectivity index (χ3n) is 4.95. The molecular weight excluding hydrogens is 340 g/mol. The number of fused-ring (bicyclic) bond motifs is 1. The van der Waals surface area contributed by atoms with Gasteiger partial charge in [-0.3, -0.25) is 9.59 Å². The fourth-order valence-corrected chi connectivity index (χ4v) is 5.24. The first-order valence-corrected chi connectivity index (χ1v) is 10.6. The Balaban J connectivity index is 1.61. The highest BCUT2D eigenvalue weighted by Gasteiger charge is 2.29. The molecule has 2 aliphatic rings. The number of hydrogen-bond donors (Lipinski definition) is 1. The molecule has 0 aromatic heterocycles. The third kappa shape index (κ3) is 4.21. The van der Waals surface area contributed by atoms with Gasteiger partial charge < -0.3 is 10.2 Å². The second-order valence-electron chi connectivity index (χ2n) is 6.82. The number of nitrogens with zero attached hydrogens (tertiary/aromatic N) is 1. The van der Waals surface area contributed by atoms with E-state index in [0.717, 1.165) is 19.3 Å². The second kappa shape index (κ2) is 7.15. The lowest BCUT2D eigenvalue weighted by Gasteiger charge is -2.22. The smallest absolute Gasteiger partial charge is 0.254 e. The first kappa shape index (κ1) is 17.9. The van der Waals surface area contributed by atoms with Crippen LogP contribution in [0.15, 0.2) is 18.2 Å². The molecule has 1 N–H and O–H groups in total. The summed E-state index contributed by atoms with van der Waals surface area (Å²) in [5.74, 6) is -0.363. The molecule has 1 saturated heterocycles. The number of benzene rings is 1. The fraction of sp³-hybridized carbons (Fsp3) is 0.556. The quantitative estimate of drug-likeness (QED) is 0.843. The van der Waals surface area contributed by atoms with E-state index < -0.39 is 9.84 Å². The highest BCUT2D eigenvalue weighted by Crippen LogP contribution is 2.23. The van der Waals surface area contributed by atoms with Crippen molar-refractivity contribution < 1.29 is 18.0 Å². The number of nitrogens with one attached hydrogen (secondary N) is 1. The van der Waals surface area contributed by atoms with E-state index in [-0.39, 0.29) is 35.9 Å². The Morgan fingerprint density at radius 1 is 1.24 bits per heavy atom. The van der Waals surface area contributed by atoms with Gasteiger partial charge in [-0.1, -0.05) is 6.07 Å². The molecule has 0 unspecified atom stereocenters. The molecule has 3 rings (SSSR count). The summed E-state index contributed by atoms with van der Waals surface area (Å²) in [6, 6.07) is 5.43. The van der Waals surface area contributed by atoms with Gasteiger partial charge in [0.15, 0.2) is 9.84 Å². The van der Waals surface area contributed by atoms with Crippen molar-refractivity contribution >= 4 is 21.7 Å². The largest absolute Gasteiger partial charge is 0.351 e. The third-order valence-corrected chi connectivity index (χ3v) is 6.71. The lowest BCUT2D eigenvalue weighted by atomic mass is 10.1. The summed E-state index contributed by atoms with van der Waals surface area (Å²) < 4.78 is 22.9. The zero-order valence-corrected chi connectivity index (χ0v) is 15.3. The zero-order chi connectivity index (χ0) is 18.0. The SMILES string of the molecule is CCN(CC(=O)N[C@@H]1CCS(=O)(=O)C1)C(=O)c1ccc2c(c1)CCC2. The van der Waals surface area contributed by atoms with Gasteiger partial charge in [0.2, 0.25) is 5.91 Å². The molecule has 6 nitrogen and oxygen atoms in total.